The van der Waals surface area contributed by atoms with Crippen molar-refractivity contribution in [2.24, 2.45) is 0 Å². The molecule has 0 bridgehead atoms. The van der Waals surface area contributed by atoms with E-state index in [4.69, 9.17) is 9.47 Å². The number of carbonyl (C=O) groups is 2. The van der Waals surface area contributed by atoms with E-state index in [-0.39, 0.29) is 11.9 Å². The van der Waals surface area contributed by atoms with Gasteiger partial charge in [0.1, 0.15) is 18.3 Å². The van der Waals surface area contributed by atoms with Gasteiger partial charge in [-0.2, -0.15) is 0 Å². The number of ether oxygens (including phenoxy) is 2. The Balaban J connectivity index is 1.32. The Hall–Kier alpha value is -3.64. The molecule has 2 aliphatic heterocycles. The van der Waals surface area contributed by atoms with Gasteiger partial charge in [0.2, 0.25) is 5.91 Å². The summed E-state index contributed by atoms with van der Waals surface area (Å²) in [6.45, 7) is 1.58. The highest BCUT2D eigenvalue weighted by molar-refractivity contribution is 5.87. The predicted octanol–water partition coefficient (Wildman–Crippen LogP) is 2.00. The van der Waals surface area contributed by atoms with Gasteiger partial charge >= 0.3 is 5.97 Å². The number of carbonyl (C=O) groups excluding carboxylic acids is 1. The van der Waals surface area contributed by atoms with Gasteiger partial charge in [0.05, 0.1) is 18.1 Å². The number of carboxylic acid groups (broad SMARTS) is 1. The Morgan fingerprint density at radius 2 is 1.40 bits per heavy atom. The van der Waals surface area contributed by atoms with Gasteiger partial charge in [0.25, 0.3) is 0 Å². The van der Waals surface area contributed by atoms with E-state index in [9.17, 15) is 30.0 Å². The summed E-state index contributed by atoms with van der Waals surface area (Å²) in [7, 11) is 1.83. The Kier molecular flexibility index (Phi) is 9.86. The van der Waals surface area contributed by atoms with Gasteiger partial charge in [0, 0.05) is 26.7 Å². The number of hydrogen-bond acceptors (Lipinski definition) is 8. The van der Waals surface area contributed by atoms with Crippen LogP contribution in [0.1, 0.15) is 35.1 Å². The van der Waals surface area contributed by atoms with E-state index in [2.05, 4.69) is 4.90 Å². The van der Waals surface area contributed by atoms with Gasteiger partial charge in [-0.1, -0.05) is 91.0 Å². The second-order valence-electron chi connectivity index (χ2n) is 11.2. The fraction of sp³-hybridized carbons (Fsp3) is 0.394. The van der Waals surface area contributed by atoms with Crippen LogP contribution in [0.2, 0.25) is 0 Å². The molecule has 10 heteroatoms. The van der Waals surface area contributed by atoms with E-state index in [0.717, 1.165) is 16.7 Å². The fourth-order valence-corrected chi connectivity index (χ4v) is 5.93. The van der Waals surface area contributed by atoms with Crippen molar-refractivity contribution in [3.63, 3.8) is 0 Å². The fourth-order valence-electron chi connectivity index (χ4n) is 5.93. The summed E-state index contributed by atoms with van der Waals surface area (Å²) >= 11 is 0. The molecule has 3 aromatic carbocycles. The zero-order valence-corrected chi connectivity index (χ0v) is 23.9. The zero-order valence-electron chi connectivity index (χ0n) is 23.9. The third-order valence-electron chi connectivity index (χ3n) is 8.31. The number of likely N-dealkylation sites (tertiary alicyclic amines) is 1. The summed E-state index contributed by atoms with van der Waals surface area (Å²) in [5.41, 5.74) is 2.80. The van der Waals surface area contributed by atoms with Gasteiger partial charge in [0.15, 0.2) is 12.4 Å². The van der Waals surface area contributed by atoms with Crippen LogP contribution in [-0.2, 0) is 19.1 Å². The largest absolute Gasteiger partial charge is 0.479 e. The lowest BCUT2D eigenvalue weighted by Gasteiger charge is -2.39. The molecule has 4 N–H and O–H groups in total. The Bertz CT molecular complexity index is 1310. The number of amides is 1. The number of nitrogens with zero attached hydrogens (tertiary/aromatic N) is 2. The number of rotatable bonds is 10. The van der Waals surface area contributed by atoms with Gasteiger partial charge in [-0.3, -0.25) is 9.69 Å². The summed E-state index contributed by atoms with van der Waals surface area (Å²) in [5, 5.41) is 39.9. The molecule has 2 aliphatic rings. The number of benzene rings is 3. The van der Waals surface area contributed by atoms with E-state index >= 15 is 0 Å². The third kappa shape index (κ3) is 6.96. The van der Waals surface area contributed by atoms with Crippen molar-refractivity contribution in [2.75, 3.05) is 26.7 Å². The number of hydrogen-bond donors (Lipinski definition) is 4. The average molecular weight is 591 g/mol. The maximum atomic E-state index is 14.3. The van der Waals surface area contributed by atoms with Crippen molar-refractivity contribution < 1.29 is 39.5 Å². The Labute approximate surface area is 250 Å². The first-order valence-corrected chi connectivity index (χ1v) is 14.5. The van der Waals surface area contributed by atoms with Crippen LogP contribution in [-0.4, -0.2) is 106 Å². The second-order valence-corrected chi connectivity index (χ2v) is 11.2. The lowest BCUT2D eigenvalue weighted by Crippen LogP contribution is -2.60. The molecule has 7 atom stereocenters. The molecule has 0 saturated carbocycles. The smallest absolute Gasteiger partial charge is 0.335 e. The number of aliphatic hydroxyl groups is 3. The van der Waals surface area contributed by atoms with Crippen LogP contribution in [0, 0.1) is 0 Å². The minimum Gasteiger partial charge on any atom is -0.479 e. The predicted molar refractivity (Wildman–Crippen MR) is 157 cm³/mol. The highest BCUT2D eigenvalue weighted by Crippen LogP contribution is 2.32. The van der Waals surface area contributed by atoms with Crippen molar-refractivity contribution in [1.29, 1.82) is 0 Å². The molecule has 5 rings (SSSR count). The number of aliphatic carboxylic acids is 1. The molecule has 2 saturated heterocycles. The van der Waals surface area contributed by atoms with Crippen LogP contribution in [0.25, 0.3) is 0 Å². The first-order valence-electron chi connectivity index (χ1n) is 14.5. The van der Waals surface area contributed by atoms with Crippen molar-refractivity contribution in [1.82, 2.24) is 9.80 Å². The molecular weight excluding hydrogens is 552 g/mol. The molecule has 0 aromatic heterocycles. The molecule has 0 aliphatic carbocycles. The number of aliphatic hydroxyl groups excluding tert-OH is 3. The second kappa shape index (κ2) is 13.8. The molecule has 43 heavy (non-hydrogen) atoms. The van der Waals surface area contributed by atoms with Gasteiger partial charge in [-0.15, -0.1) is 0 Å². The maximum Gasteiger partial charge on any atom is 0.335 e. The summed E-state index contributed by atoms with van der Waals surface area (Å²) in [4.78, 5) is 29.7. The summed E-state index contributed by atoms with van der Waals surface area (Å²) in [5.74, 6) is -1.98. The van der Waals surface area contributed by atoms with E-state index < -0.39 is 48.7 Å². The van der Waals surface area contributed by atoms with Gasteiger partial charge < -0.3 is 34.8 Å². The van der Waals surface area contributed by atoms with E-state index in [1.54, 1.807) is 4.90 Å². The first kappa shape index (κ1) is 30.8. The first-order chi connectivity index (χ1) is 20.7. The van der Waals surface area contributed by atoms with E-state index in [1.807, 2.05) is 98.0 Å². The zero-order chi connectivity index (χ0) is 30.5. The third-order valence-corrected chi connectivity index (χ3v) is 8.31. The molecule has 0 radical (unpaired) electrons. The summed E-state index contributed by atoms with van der Waals surface area (Å²) < 4.78 is 11.2. The van der Waals surface area contributed by atoms with Gasteiger partial charge in [-0.25, -0.2) is 4.79 Å². The standard InChI is InChI=1S/C33H38N2O8/c1-34(31(39)26(22-13-7-3-8-14-22)23-15-9-4-10-16-23)25(21-11-5-2-6-12-21)20-35-18-17-24(19-35)42-33-29(38)27(36)28(37)30(43-33)32(40)41/h2-16,24-30,33,36-38H,17-20H2,1H3,(H,40,41)/t24-,25-,27?,28?,29?,30?,33?/m1/s1. The molecule has 5 unspecified atom stereocenters. The Morgan fingerprint density at radius 1 is 0.860 bits per heavy atom. The summed E-state index contributed by atoms with van der Waals surface area (Å²) in [6, 6.07) is 29.0. The number of carboxylic acids is 1. The monoisotopic (exact) mass is 590 g/mol. The Morgan fingerprint density at radius 3 is 1.93 bits per heavy atom. The molecule has 228 valence electrons. The maximum absolute atomic E-state index is 14.3. The lowest BCUT2D eigenvalue weighted by molar-refractivity contribution is -0.303. The van der Waals surface area contributed by atoms with Crippen molar-refractivity contribution >= 4 is 11.9 Å². The van der Waals surface area contributed by atoms with Crippen LogP contribution in [0.3, 0.4) is 0 Å². The quantitative estimate of drug-likeness (QED) is 0.279. The highest BCUT2D eigenvalue weighted by atomic mass is 16.7. The van der Waals surface area contributed by atoms with Crippen molar-refractivity contribution in [3.8, 4) is 0 Å². The molecule has 1 amide bonds. The minimum atomic E-state index is -1.78. The van der Waals surface area contributed by atoms with Gasteiger partial charge in [-0.05, 0) is 23.1 Å². The molecular formula is C33H38N2O8. The van der Waals surface area contributed by atoms with Crippen LogP contribution in [0.15, 0.2) is 91.0 Å². The topological polar surface area (TPSA) is 140 Å². The van der Waals surface area contributed by atoms with Crippen LogP contribution < -0.4 is 0 Å². The number of likely N-dealkylation sites (N-methyl/N-ethyl adjacent to an activating group) is 1. The van der Waals surface area contributed by atoms with Crippen LogP contribution in [0.5, 0.6) is 0 Å². The molecule has 3 aromatic rings. The molecule has 0 spiro atoms. The molecule has 10 nitrogen and oxygen atoms in total. The molecule has 2 fully saturated rings. The van der Waals surface area contributed by atoms with Crippen LogP contribution in [0.4, 0.5) is 0 Å². The van der Waals surface area contributed by atoms with Crippen molar-refractivity contribution in [2.45, 2.75) is 55.2 Å². The van der Waals surface area contributed by atoms with E-state index in [0.29, 0.717) is 26.1 Å². The minimum absolute atomic E-state index is 0.0377. The lowest BCUT2D eigenvalue weighted by atomic mass is 9.89. The normalized spacial score (nSPS) is 26.7. The highest BCUT2D eigenvalue weighted by Gasteiger charge is 2.48. The SMILES string of the molecule is CN(C(=O)C(c1ccccc1)c1ccccc1)[C@H](CN1CC[C@@H](OC2OC(C(=O)O)C(O)C(O)C2O)C1)c1ccccc1. The van der Waals surface area contributed by atoms with Crippen LogP contribution >= 0.6 is 0 Å². The van der Waals surface area contributed by atoms with E-state index in [1.165, 1.54) is 0 Å². The summed E-state index contributed by atoms with van der Waals surface area (Å²) in [6.07, 6.45) is -8.08. The molecule has 2 heterocycles. The average Bonchev–Trinajstić information content (AvgIpc) is 3.48. The van der Waals surface area contributed by atoms with Crippen molar-refractivity contribution in [3.05, 3.63) is 108 Å².